The Morgan fingerprint density at radius 1 is 1.35 bits per heavy atom. The predicted octanol–water partition coefficient (Wildman–Crippen LogP) is 3.93. The summed E-state index contributed by atoms with van der Waals surface area (Å²) in [5.74, 6) is -0.142. The van der Waals surface area contributed by atoms with Gasteiger partial charge < -0.3 is 5.32 Å². The van der Waals surface area contributed by atoms with Crippen molar-refractivity contribution in [3.8, 4) is 0 Å². The molecule has 2 heteroatoms. The molecule has 1 aromatic rings. The molecule has 0 bridgehead atoms. The summed E-state index contributed by atoms with van der Waals surface area (Å²) >= 11 is 0. The summed E-state index contributed by atoms with van der Waals surface area (Å²) in [5.41, 5.74) is 3.03. The highest BCUT2D eigenvalue weighted by Gasteiger charge is 2.01. The SMILES string of the molecule is CCCNC/C(=C/c1cc(C)ccc1F)CC. The summed E-state index contributed by atoms with van der Waals surface area (Å²) in [7, 11) is 0. The molecule has 0 spiro atoms. The first-order valence-corrected chi connectivity index (χ1v) is 6.33. The van der Waals surface area contributed by atoms with E-state index in [-0.39, 0.29) is 5.82 Å². The Bertz CT molecular complexity index is 383. The van der Waals surface area contributed by atoms with Crippen LogP contribution in [0.5, 0.6) is 0 Å². The normalized spacial score (nSPS) is 11.9. The second-order valence-electron chi connectivity index (χ2n) is 4.36. The summed E-state index contributed by atoms with van der Waals surface area (Å²) in [6, 6.07) is 5.23. The van der Waals surface area contributed by atoms with Gasteiger partial charge in [0.1, 0.15) is 5.82 Å². The monoisotopic (exact) mass is 235 g/mol. The van der Waals surface area contributed by atoms with Crippen LogP contribution >= 0.6 is 0 Å². The Kier molecular flexibility index (Phi) is 5.92. The van der Waals surface area contributed by atoms with Crippen LogP contribution in [0.4, 0.5) is 4.39 Å². The summed E-state index contributed by atoms with van der Waals surface area (Å²) in [6.07, 6.45) is 4.03. The molecule has 0 saturated heterocycles. The van der Waals surface area contributed by atoms with Gasteiger partial charge in [0, 0.05) is 12.1 Å². The van der Waals surface area contributed by atoms with Crippen LogP contribution in [0.3, 0.4) is 0 Å². The highest BCUT2D eigenvalue weighted by atomic mass is 19.1. The van der Waals surface area contributed by atoms with E-state index in [0.29, 0.717) is 5.56 Å². The maximum atomic E-state index is 13.6. The van der Waals surface area contributed by atoms with E-state index in [1.165, 1.54) is 11.6 Å². The van der Waals surface area contributed by atoms with E-state index in [9.17, 15) is 4.39 Å². The second-order valence-corrected chi connectivity index (χ2v) is 4.36. The van der Waals surface area contributed by atoms with E-state index in [1.54, 1.807) is 6.07 Å². The first-order valence-electron chi connectivity index (χ1n) is 6.33. The zero-order valence-corrected chi connectivity index (χ0v) is 11.0. The summed E-state index contributed by atoms with van der Waals surface area (Å²) in [4.78, 5) is 0. The molecular formula is C15H22FN. The molecule has 17 heavy (non-hydrogen) atoms. The molecule has 0 aliphatic heterocycles. The second kappa shape index (κ2) is 7.23. The molecule has 1 rings (SSSR count). The zero-order valence-electron chi connectivity index (χ0n) is 11.0. The van der Waals surface area contributed by atoms with E-state index in [4.69, 9.17) is 0 Å². The number of hydrogen-bond acceptors (Lipinski definition) is 1. The van der Waals surface area contributed by atoms with Crippen LogP contribution in [-0.4, -0.2) is 13.1 Å². The maximum Gasteiger partial charge on any atom is 0.130 e. The number of rotatable bonds is 6. The quantitative estimate of drug-likeness (QED) is 0.737. The van der Waals surface area contributed by atoms with Crippen LogP contribution in [-0.2, 0) is 0 Å². The lowest BCUT2D eigenvalue weighted by molar-refractivity contribution is 0.624. The third-order valence-electron chi connectivity index (χ3n) is 2.74. The van der Waals surface area contributed by atoms with E-state index < -0.39 is 0 Å². The van der Waals surface area contributed by atoms with Crippen molar-refractivity contribution in [2.24, 2.45) is 0 Å². The molecule has 0 fully saturated rings. The van der Waals surface area contributed by atoms with Crippen LogP contribution in [0.25, 0.3) is 6.08 Å². The Labute approximate surface area is 104 Å². The standard InChI is InChI=1S/C15H22FN/c1-4-8-17-11-13(5-2)10-14-9-12(3)6-7-15(14)16/h6-7,9-10,17H,4-5,8,11H2,1-3H3/b13-10+. The summed E-state index contributed by atoms with van der Waals surface area (Å²) in [5, 5.41) is 3.35. The van der Waals surface area contributed by atoms with Crippen molar-refractivity contribution in [1.29, 1.82) is 0 Å². The van der Waals surface area contributed by atoms with Gasteiger partial charge in [0.05, 0.1) is 0 Å². The molecule has 0 heterocycles. The molecule has 0 aliphatic rings. The Morgan fingerprint density at radius 2 is 2.12 bits per heavy atom. The van der Waals surface area contributed by atoms with Crippen molar-refractivity contribution < 1.29 is 4.39 Å². The molecule has 94 valence electrons. The average Bonchev–Trinajstić information content (AvgIpc) is 2.32. The van der Waals surface area contributed by atoms with Gasteiger partial charge >= 0.3 is 0 Å². The topological polar surface area (TPSA) is 12.0 Å². The largest absolute Gasteiger partial charge is 0.313 e. The van der Waals surface area contributed by atoms with Gasteiger partial charge in [-0.15, -0.1) is 0 Å². The van der Waals surface area contributed by atoms with E-state index in [1.807, 2.05) is 19.1 Å². The van der Waals surface area contributed by atoms with Gasteiger partial charge in [-0.3, -0.25) is 0 Å². The molecule has 0 unspecified atom stereocenters. The summed E-state index contributed by atoms with van der Waals surface area (Å²) in [6.45, 7) is 8.08. The van der Waals surface area contributed by atoms with Gasteiger partial charge in [-0.25, -0.2) is 4.39 Å². The molecule has 1 N–H and O–H groups in total. The smallest absolute Gasteiger partial charge is 0.130 e. The first-order chi connectivity index (χ1) is 8.17. The molecule has 0 atom stereocenters. The molecule has 1 nitrogen and oxygen atoms in total. The number of nitrogens with one attached hydrogen (secondary N) is 1. The van der Waals surface area contributed by atoms with Crippen LogP contribution in [0, 0.1) is 12.7 Å². The Hall–Kier alpha value is -1.15. The lowest BCUT2D eigenvalue weighted by atomic mass is 10.1. The lowest BCUT2D eigenvalue weighted by Gasteiger charge is -2.07. The van der Waals surface area contributed by atoms with Gasteiger partial charge in [-0.1, -0.05) is 37.1 Å². The molecule has 0 aliphatic carbocycles. The first kappa shape index (κ1) is 13.9. The van der Waals surface area contributed by atoms with Gasteiger partial charge in [0.2, 0.25) is 0 Å². The van der Waals surface area contributed by atoms with Crippen LogP contribution in [0.15, 0.2) is 23.8 Å². The van der Waals surface area contributed by atoms with Crippen LogP contribution in [0.1, 0.15) is 37.8 Å². The fourth-order valence-electron chi connectivity index (χ4n) is 1.70. The Balaban J connectivity index is 2.78. The van der Waals surface area contributed by atoms with Crippen molar-refractivity contribution in [2.75, 3.05) is 13.1 Å². The van der Waals surface area contributed by atoms with Gasteiger partial charge in [-0.2, -0.15) is 0 Å². The average molecular weight is 235 g/mol. The van der Waals surface area contributed by atoms with Gasteiger partial charge in [0.25, 0.3) is 0 Å². The number of hydrogen-bond donors (Lipinski definition) is 1. The number of aryl methyl sites for hydroxylation is 1. The van der Waals surface area contributed by atoms with Gasteiger partial charge in [-0.05, 0) is 38.4 Å². The fourth-order valence-corrected chi connectivity index (χ4v) is 1.70. The highest BCUT2D eigenvalue weighted by molar-refractivity contribution is 5.54. The minimum atomic E-state index is -0.142. The van der Waals surface area contributed by atoms with E-state index >= 15 is 0 Å². The molecule has 0 amide bonds. The fraction of sp³-hybridized carbons (Fsp3) is 0.467. The zero-order chi connectivity index (χ0) is 12.7. The van der Waals surface area contributed by atoms with Crippen molar-refractivity contribution >= 4 is 6.08 Å². The third-order valence-corrected chi connectivity index (χ3v) is 2.74. The van der Waals surface area contributed by atoms with Crippen molar-refractivity contribution in [1.82, 2.24) is 5.32 Å². The van der Waals surface area contributed by atoms with Crippen molar-refractivity contribution in [2.45, 2.75) is 33.6 Å². The molecule has 1 aromatic carbocycles. The minimum Gasteiger partial charge on any atom is -0.313 e. The van der Waals surface area contributed by atoms with Crippen LogP contribution in [0.2, 0.25) is 0 Å². The van der Waals surface area contributed by atoms with Crippen LogP contribution < -0.4 is 5.32 Å². The number of benzene rings is 1. The Morgan fingerprint density at radius 3 is 2.76 bits per heavy atom. The van der Waals surface area contributed by atoms with Crippen molar-refractivity contribution in [3.05, 3.63) is 40.7 Å². The molecule has 0 radical (unpaired) electrons. The van der Waals surface area contributed by atoms with Crippen molar-refractivity contribution in [3.63, 3.8) is 0 Å². The predicted molar refractivity (Wildman–Crippen MR) is 72.6 cm³/mol. The molecule has 0 aromatic heterocycles. The minimum absolute atomic E-state index is 0.142. The number of halogens is 1. The van der Waals surface area contributed by atoms with Gasteiger partial charge in [0.15, 0.2) is 0 Å². The highest BCUT2D eigenvalue weighted by Crippen LogP contribution is 2.15. The lowest BCUT2D eigenvalue weighted by Crippen LogP contribution is -2.17. The maximum absolute atomic E-state index is 13.6. The van der Waals surface area contributed by atoms with E-state index in [0.717, 1.165) is 31.5 Å². The third kappa shape index (κ3) is 4.70. The van der Waals surface area contributed by atoms with E-state index in [2.05, 4.69) is 19.2 Å². The molecular weight excluding hydrogens is 213 g/mol. The summed E-state index contributed by atoms with van der Waals surface area (Å²) < 4.78 is 13.6. The molecule has 0 saturated carbocycles.